The molecule has 1 unspecified atom stereocenters. The minimum absolute atomic E-state index is 0.170. The fourth-order valence-electron chi connectivity index (χ4n) is 3.56. The number of hydrogen-bond acceptors (Lipinski definition) is 3. The van der Waals surface area contributed by atoms with E-state index in [0.29, 0.717) is 5.92 Å². The number of halogens is 1. The molecule has 1 heterocycles. The molecule has 1 aliphatic rings. The van der Waals surface area contributed by atoms with Crippen molar-refractivity contribution in [3.05, 3.63) is 35.0 Å². The highest BCUT2D eigenvalue weighted by atomic mass is 32.1. The van der Waals surface area contributed by atoms with Crippen LogP contribution in [0.2, 0.25) is 0 Å². The van der Waals surface area contributed by atoms with E-state index in [1.165, 1.54) is 43.0 Å². The third-order valence-corrected chi connectivity index (χ3v) is 6.11. The minimum Gasteiger partial charge on any atom is -0.271 e. The van der Waals surface area contributed by atoms with Crippen molar-refractivity contribution in [2.45, 2.75) is 45.1 Å². The lowest BCUT2D eigenvalue weighted by Gasteiger charge is -2.32. The third-order valence-electron chi connectivity index (χ3n) is 4.93. The lowest BCUT2D eigenvalue weighted by atomic mass is 9.77. The summed E-state index contributed by atoms with van der Waals surface area (Å²) in [5, 5.41) is 1.11. The van der Waals surface area contributed by atoms with Crippen molar-refractivity contribution in [2.75, 3.05) is 0 Å². The van der Waals surface area contributed by atoms with Gasteiger partial charge in [-0.3, -0.25) is 11.3 Å². The number of fused-ring (bicyclic) bond motifs is 1. The van der Waals surface area contributed by atoms with Gasteiger partial charge in [-0.15, -0.1) is 11.3 Å². The lowest BCUT2D eigenvalue weighted by molar-refractivity contribution is 0.221. The maximum Gasteiger partial charge on any atom is 0.124 e. The van der Waals surface area contributed by atoms with Crippen LogP contribution in [-0.2, 0) is 0 Å². The molecule has 3 rings (SSSR count). The summed E-state index contributed by atoms with van der Waals surface area (Å²) in [4.78, 5) is 1.23. The Morgan fingerprint density at radius 3 is 2.71 bits per heavy atom. The summed E-state index contributed by atoms with van der Waals surface area (Å²) in [6.45, 7) is 2.28. The molecule has 0 amide bonds. The Labute approximate surface area is 129 Å². The van der Waals surface area contributed by atoms with Crippen molar-refractivity contribution in [3.63, 3.8) is 0 Å². The molecule has 0 spiro atoms. The maximum atomic E-state index is 13.3. The third kappa shape index (κ3) is 3.12. The van der Waals surface area contributed by atoms with Crippen LogP contribution in [0.15, 0.2) is 24.3 Å². The van der Waals surface area contributed by atoms with Crippen LogP contribution in [-0.4, -0.2) is 0 Å². The molecule has 1 aromatic carbocycles. The number of thiophene rings is 1. The number of nitrogens with one attached hydrogen (secondary N) is 1. The van der Waals surface area contributed by atoms with Gasteiger partial charge in [0.15, 0.2) is 0 Å². The molecule has 3 N–H and O–H groups in total. The van der Waals surface area contributed by atoms with Gasteiger partial charge in [-0.05, 0) is 48.3 Å². The first kappa shape index (κ1) is 14.9. The summed E-state index contributed by atoms with van der Waals surface area (Å²) in [5.74, 6) is 7.15. The molecular weight excluding hydrogens is 283 g/mol. The Morgan fingerprint density at radius 1 is 1.29 bits per heavy atom. The van der Waals surface area contributed by atoms with Crippen molar-refractivity contribution in [3.8, 4) is 0 Å². The van der Waals surface area contributed by atoms with Crippen LogP contribution in [0, 0.1) is 17.7 Å². The predicted octanol–water partition coefficient (Wildman–Crippen LogP) is 4.76. The zero-order chi connectivity index (χ0) is 14.8. The van der Waals surface area contributed by atoms with Gasteiger partial charge in [0.05, 0.1) is 6.04 Å². The molecule has 21 heavy (non-hydrogen) atoms. The van der Waals surface area contributed by atoms with E-state index >= 15 is 0 Å². The van der Waals surface area contributed by atoms with Crippen LogP contribution in [0.1, 0.15) is 49.9 Å². The molecule has 2 nitrogen and oxygen atoms in total. The van der Waals surface area contributed by atoms with Gasteiger partial charge in [-0.25, -0.2) is 4.39 Å². The van der Waals surface area contributed by atoms with E-state index in [2.05, 4.69) is 18.4 Å². The molecule has 0 radical (unpaired) electrons. The van der Waals surface area contributed by atoms with Gasteiger partial charge >= 0.3 is 0 Å². The zero-order valence-electron chi connectivity index (χ0n) is 12.4. The topological polar surface area (TPSA) is 38.0 Å². The van der Waals surface area contributed by atoms with Gasteiger partial charge in [0.1, 0.15) is 5.82 Å². The molecule has 114 valence electrons. The van der Waals surface area contributed by atoms with Crippen molar-refractivity contribution < 1.29 is 4.39 Å². The van der Waals surface area contributed by atoms with E-state index in [-0.39, 0.29) is 11.9 Å². The summed E-state index contributed by atoms with van der Waals surface area (Å²) in [5.41, 5.74) is 3.01. The molecule has 1 aromatic heterocycles. The summed E-state index contributed by atoms with van der Waals surface area (Å²) < 4.78 is 14.3. The molecule has 0 aliphatic heterocycles. The van der Waals surface area contributed by atoms with E-state index in [1.807, 2.05) is 6.07 Å². The van der Waals surface area contributed by atoms with Gasteiger partial charge in [0.25, 0.3) is 0 Å². The van der Waals surface area contributed by atoms with Gasteiger partial charge in [0.2, 0.25) is 0 Å². The van der Waals surface area contributed by atoms with Crippen LogP contribution in [0.3, 0.4) is 0 Å². The van der Waals surface area contributed by atoms with Crippen molar-refractivity contribution >= 4 is 21.4 Å². The Bertz CT molecular complexity index is 602. The van der Waals surface area contributed by atoms with Crippen LogP contribution in [0.4, 0.5) is 4.39 Å². The number of rotatable bonds is 4. The van der Waals surface area contributed by atoms with E-state index in [1.54, 1.807) is 17.4 Å². The molecular formula is C17H23FN2S. The Morgan fingerprint density at radius 2 is 2.05 bits per heavy atom. The monoisotopic (exact) mass is 306 g/mol. The van der Waals surface area contributed by atoms with Crippen LogP contribution >= 0.6 is 11.3 Å². The van der Waals surface area contributed by atoms with E-state index in [0.717, 1.165) is 16.0 Å². The average Bonchev–Trinajstić information content (AvgIpc) is 2.91. The van der Waals surface area contributed by atoms with Crippen LogP contribution < -0.4 is 11.3 Å². The number of nitrogens with two attached hydrogens (primary N) is 1. The molecule has 1 aliphatic carbocycles. The lowest BCUT2D eigenvalue weighted by Crippen LogP contribution is -2.34. The summed E-state index contributed by atoms with van der Waals surface area (Å²) in [7, 11) is 0. The minimum atomic E-state index is -0.170. The fraction of sp³-hybridized carbons (Fsp3) is 0.529. The average molecular weight is 306 g/mol. The zero-order valence-corrected chi connectivity index (χ0v) is 13.3. The highest BCUT2D eigenvalue weighted by Crippen LogP contribution is 2.40. The van der Waals surface area contributed by atoms with Crippen molar-refractivity contribution in [2.24, 2.45) is 17.7 Å². The van der Waals surface area contributed by atoms with Gasteiger partial charge in [-0.2, -0.15) is 0 Å². The van der Waals surface area contributed by atoms with E-state index in [4.69, 9.17) is 5.84 Å². The van der Waals surface area contributed by atoms with E-state index in [9.17, 15) is 4.39 Å². The van der Waals surface area contributed by atoms with E-state index < -0.39 is 0 Å². The molecule has 1 fully saturated rings. The molecule has 2 aromatic rings. The molecule has 1 atom stereocenters. The van der Waals surface area contributed by atoms with Crippen molar-refractivity contribution in [1.29, 1.82) is 0 Å². The highest BCUT2D eigenvalue weighted by Gasteiger charge is 2.28. The second kappa shape index (κ2) is 6.42. The van der Waals surface area contributed by atoms with Crippen LogP contribution in [0.25, 0.3) is 10.1 Å². The summed E-state index contributed by atoms with van der Waals surface area (Å²) in [6.07, 6.45) is 6.36. The first-order valence-electron chi connectivity index (χ1n) is 7.86. The second-order valence-corrected chi connectivity index (χ2v) is 7.28. The standard InChI is InChI=1S/C17H23FN2S/c1-2-11-3-5-12(6-4-11)17(20-19)16-9-13-7-8-14(18)10-15(13)21-16/h7-12,17,20H,2-6,19H2,1H3. The Balaban J connectivity index is 1.81. The quantitative estimate of drug-likeness (QED) is 0.631. The maximum absolute atomic E-state index is 13.3. The molecule has 4 heteroatoms. The number of hydrogen-bond donors (Lipinski definition) is 2. The van der Waals surface area contributed by atoms with Gasteiger partial charge in [0, 0.05) is 9.58 Å². The van der Waals surface area contributed by atoms with Crippen LogP contribution in [0.5, 0.6) is 0 Å². The fourth-order valence-corrected chi connectivity index (χ4v) is 4.80. The largest absolute Gasteiger partial charge is 0.271 e. The van der Waals surface area contributed by atoms with Crippen molar-refractivity contribution in [1.82, 2.24) is 5.43 Å². The normalized spacial score (nSPS) is 24.3. The number of benzene rings is 1. The second-order valence-electron chi connectivity index (χ2n) is 6.16. The Kier molecular flexibility index (Phi) is 4.57. The summed E-state index contributed by atoms with van der Waals surface area (Å²) in [6, 6.07) is 7.35. The van der Waals surface area contributed by atoms with Gasteiger partial charge in [-0.1, -0.05) is 32.3 Å². The SMILES string of the molecule is CCC1CCC(C(NN)c2cc3ccc(F)cc3s2)CC1. The molecule has 0 saturated heterocycles. The molecule has 0 bridgehead atoms. The molecule has 1 saturated carbocycles. The van der Waals surface area contributed by atoms with Gasteiger partial charge < -0.3 is 0 Å². The highest BCUT2D eigenvalue weighted by molar-refractivity contribution is 7.19. The summed E-state index contributed by atoms with van der Waals surface area (Å²) >= 11 is 1.66. The predicted molar refractivity (Wildman–Crippen MR) is 87.6 cm³/mol. The first-order valence-corrected chi connectivity index (χ1v) is 8.68. The first-order chi connectivity index (χ1) is 10.2. The Hall–Kier alpha value is -0.970. The number of hydrazine groups is 1. The smallest absolute Gasteiger partial charge is 0.124 e.